The predicted molar refractivity (Wildman–Crippen MR) is 64.9 cm³/mol. The van der Waals surface area contributed by atoms with E-state index >= 15 is 0 Å². The molecule has 0 aliphatic heterocycles. The molecular formula is C13H18N2. The van der Waals surface area contributed by atoms with Gasteiger partial charge >= 0.3 is 0 Å². The number of aryl methyl sites for hydroxylation is 1. The summed E-state index contributed by atoms with van der Waals surface area (Å²) in [4.78, 5) is 0. The van der Waals surface area contributed by atoms with E-state index in [0.29, 0.717) is 0 Å². The van der Waals surface area contributed by atoms with E-state index in [1.807, 2.05) is 0 Å². The lowest BCUT2D eigenvalue weighted by molar-refractivity contribution is 0.692. The molecule has 2 rings (SSSR count). The summed E-state index contributed by atoms with van der Waals surface area (Å²) in [7, 11) is 2.10. The normalized spacial score (nSPS) is 13.3. The average molecular weight is 202 g/mol. The number of para-hydroxylation sites is 1. The van der Waals surface area contributed by atoms with Gasteiger partial charge in [0.25, 0.3) is 0 Å². The molecule has 1 unspecified atom stereocenters. The van der Waals surface area contributed by atoms with Gasteiger partial charge in [0.15, 0.2) is 0 Å². The van der Waals surface area contributed by atoms with Crippen molar-refractivity contribution >= 4 is 10.9 Å². The molecule has 0 spiro atoms. The zero-order valence-electron chi connectivity index (χ0n) is 9.62. The molecule has 1 aromatic heterocycles. The minimum Gasteiger partial charge on any atom is -0.348 e. The second-order valence-corrected chi connectivity index (χ2v) is 4.09. The van der Waals surface area contributed by atoms with Crippen molar-refractivity contribution in [2.24, 2.45) is 12.8 Å². The van der Waals surface area contributed by atoms with Gasteiger partial charge in [0.2, 0.25) is 0 Å². The average Bonchev–Trinajstić information content (AvgIpc) is 2.52. The molecule has 0 fully saturated rings. The van der Waals surface area contributed by atoms with Crippen LogP contribution in [0.1, 0.15) is 30.6 Å². The lowest BCUT2D eigenvalue weighted by atomic mass is 10.0. The van der Waals surface area contributed by atoms with Gasteiger partial charge in [0.1, 0.15) is 0 Å². The van der Waals surface area contributed by atoms with Crippen molar-refractivity contribution in [2.45, 2.75) is 26.3 Å². The van der Waals surface area contributed by atoms with Crippen LogP contribution in [-0.2, 0) is 7.05 Å². The third-order valence-electron chi connectivity index (χ3n) is 3.26. The summed E-state index contributed by atoms with van der Waals surface area (Å²) in [6.07, 6.45) is 0.981. The Kier molecular flexibility index (Phi) is 2.53. The van der Waals surface area contributed by atoms with Crippen LogP contribution in [0.2, 0.25) is 0 Å². The second kappa shape index (κ2) is 3.70. The highest BCUT2D eigenvalue weighted by Crippen LogP contribution is 2.29. The molecule has 1 aromatic carbocycles. The SMILES string of the molecule is CCC(N)c1c(C)n(C)c2ccccc12. The van der Waals surface area contributed by atoms with Crippen molar-refractivity contribution in [1.29, 1.82) is 0 Å². The second-order valence-electron chi connectivity index (χ2n) is 4.09. The summed E-state index contributed by atoms with van der Waals surface area (Å²) >= 11 is 0. The number of aromatic nitrogens is 1. The van der Waals surface area contributed by atoms with Crippen LogP contribution in [0.5, 0.6) is 0 Å². The van der Waals surface area contributed by atoms with Crippen LogP contribution in [0.4, 0.5) is 0 Å². The van der Waals surface area contributed by atoms with Gasteiger partial charge < -0.3 is 10.3 Å². The van der Waals surface area contributed by atoms with Crippen molar-refractivity contribution < 1.29 is 0 Å². The van der Waals surface area contributed by atoms with E-state index in [-0.39, 0.29) is 6.04 Å². The van der Waals surface area contributed by atoms with Gasteiger partial charge in [-0.2, -0.15) is 0 Å². The summed E-state index contributed by atoms with van der Waals surface area (Å²) in [6, 6.07) is 8.61. The standard InChI is InChI=1S/C13H18N2/c1-4-11(14)13-9(2)15(3)12-8-6-5-7-10(12)13/h5-8,11H,4,14H2,1-3H3. The van der Waals surface area contributed by atoms with Crippen LogP contribution in [0, 0.1) is 6.92 Å². The number of nitrogens with two attached hydrogens (primary N) is 1. The quantitative estimate of drug-likeness (QED) is 0.797. The van der Waals surface area contributed by atoms with Gasteiger partial charge in [-0.15, -0.1) is 0 Å². The Morgan fingerprint density at radius 3 is 2.67 bits per heavy atom. The van der Waals surface area contributed by atoms with E-state index in [1.54, 1.807) is 0 Å². The lowest BCUT2D eigenvalue weighted by Crippen LogP contribution is -2.10. The monoisotopic (exact) mass is 202 g/mol. The van der Waals surface area contributed by atoms with Gasteiger partial charge in [-0.05, 0) is 25.0 Å². The van der Waals surface area contributed by atoms with Crippen LogP contribution >= 0.6 is 0 Å². The van der Waals surface area contributed by atoms with Crippen LogP contribution in [0.3, 0.4) is 0 Å². The molecule has 2 aromatic rings. The molecule has 0 radical (unpaired) electrons. The van der Waals surface area contributed by atoms with Crippen LogP contribution in [0.25, 0.3) is 10.9 Å². The van der Waals surface area contributed by atoms with Gasteiger partial charge in [0, 0.05) is 29.7 Å². The first-order valence-electron chi connectivity index (χ1n) is 5.46. The highest BCUT2D eigenvalue weighted by molar-refractivity contribution is 5.85. The molecule has 15 heavy (non-hydrogen) atoms. The number of fused-ring (bicyclic) bond motifs is 1. The van der Waals surface area contributed by atoms with Crippen molar-refractivity contribution in [1.82, 2.24) is 4.57 Å². The van der Waals surface area contributed by atoms with Gasteiger partial charge in [-0.3, -0.25) is 0 Å². The molecule has 0 aliphatic carbocycles. The van der Waals surface area contributed by atoms with E-state index in [4.69, 9.17) is 5.73 Å². The zero-order chi connectivity index (χ0) is 11.0. The number of hydrogen-bond acceptors (Lipinski definition) is 1. The summed E-state index contributed by atoms with van der Waals surface area (Å²) in [5, 5.41) is 1.30. The molecule has 0 aliphatic rings. The molecule has 2 heteroatoms. The Bertz CT molecular complexity index is 482. The maximum absolute atomic E-state index is 6.16. The molecule has 2 N–H and O–H groups in total. The van der Waals surface area contributed by atoms with Gasteiger partial charge in [-0.25, -0.2) is 0 Å². The fourth-order valence-electron chi connectivity index (χ4n) is 2.22. The highest BCUT2D eigenvalue weighted by atomic mass is 14.9. The number of rotatable bonds is 2. The topological polar surface area (TPSA) is 30.9 Å². The lowest BCUT2D eigenvalue weighted by Gasteiger charge is -2.09. The molecule has 1 heterocycles. The third-order valence-corrected chi connectivity index (χ3v) is 3.26. The summed E-state index contributed by atoms with van der Waals surface area (Å²) in [5.41, 5.74) is 10.0. The first-order chi connectivity index (χ1) is 7.16. The van der Waals surface area contributed by atoms with Crippen LogP contribution in [0.15, 0.2) is 24.3 Å². The third kappa shape index (κ3) is 1.45. The first-order valence-corrected chi connectivity index (χ1v) is 5.46. The minimum absolute atomic E-state index is 0.149. The van der Waals surface area contributed by atoms with Gasteiger partial charge in [-0.1, -0.05) is 25.1 Å². The van der Waals surface area contributed by atoms with E-state index in [1.165, 1.54) is 22.2 Å². The number of hydrogen-bond donors (Lipinski definition) is 1. The summed E-state index contributed by atoms with van der Waals surface area (Å²) < 4.78 is 2.22. The zero-order valence-corrected chi connectivity index (χ0v) is 9.62. The molecule has 2 nitrogen and oxygen atoms in total. The minimum atomic E-state index is 0.149. The van der Waals surface area contributed by atoms with E-state index in [9.17, 15) is 0 Å². The van der Waals surface area contributed by atoms with Gasteiger partial charge in [0.05, 0.1) is 0 Å². The predicted octanol–water partition coefficient (Wildman–Crippen LogP) is 2.90. The van der Waals surface area contributed by atoms with E-state index < -0.39 is 0 Å². The maximum Gasteiger partial charge on any atom is 0.0483 e. The molecule has 0 amide bonds. The number of benzene rings is 1. The Labute approximate surface area is 90.7 Å². The molecule has 0 saturated carbocycles. The first kappa shape index (κ1) is 10.2. The van der Waals surface area contributed by atoms with E-state index in [2.05, 4.69) is 49.7 Å². The Morgan fingerprint density at radius 2 is 2.00 bits per heavy atom. The Balaban J connectivity index is 2.77. The highest BCUT2D eigenvalue weighted by Gasteiger charge is 2.15. The molecular weight excluding hydrogens is 184 g/mol. The molecule has 0 bridgehead atoms. The molecule has 1 atom stereocenters. The van der Waals surface area contributed by atoms with Crippen molar-refractivity contribution in [2.75, 3.05) is 0 Å². The molecule has 80 valence electrons. The van der Waals surface area contributed by atoms with Crippen molar-refractivity contribution in [3.63, 3.8) is 0 Å². The van der Waals surface area contributed by atoms with Crippen LogP contribution < -0.4 is 5.73 Å². The largest absolute Gasteiger partial charge is 0.348 e. The number of nitrogens with zero attached hydrogens (tertiary/aromatic N) is 1. The molecule has 0 saturated heterocycles. The summed E-state index contributed by atoms with van der Waals surface area (Å²) in [5.74, 6) is 0. The van der Waals surface area contributed by atoms with E-state index in [0.717, 1.165) is 6.42 Å². The smallest absolute Gasteiger partial charge is 0.0483 e. The Morgan fingerprint density at radius 1 is 1.33 bits per heavy atom. The fourth-order valence-corrected chi connectivity index (χ4v) is 2.22. The summed E-state index contributed by atoms with van der Waals surface area (Å²) in [6.45, 7) is 4.27. The van der Waals surface area contributed by atoms with Crippen LogP contribution in [-0.4, -0.2) is 4.57 Å². The van der Waals surface area contributed by atoms with Crippen molar-refractivity contribution in [3.8, 4) is 0 Å². The van der Waals surface area contributed by atoms with Crippen molar-refractivity contribution in [3.05, 3.63) is 35.5 Å². The fraction of sp³-hybridized carbons (Fsp3) is 0.385. The Hall–Kier alpha value is -1.28. The maximum atomic E-state index is 6.16.